The first kappa shape index (κ1) is 22.9. The van der Waals surface area contributed by atoms with E-state index < -0.39 is 0 Å². The maximum Gasteiger partial charge on any atom is 0.227 e. The van der Waals surface area contributed by atoms with Crippen molar-refractivity contribution >= 4 is 52.7 Å². The van der Waals surface area contributed by atoms with E-state index in [0.717, 1.165) is 0 Å². The Balaban J connectivity index is 2.00. The van der Waals surface area contributed by atoms with E-state index >= 15 is 0 Å². The van der Waals surface area contributed by atoms with Crippen LogP contribution in [0.5, 0.6) is 11.8 Å². The number of Topliss-reactive ketones (excluding diaryl/α,β-unsaturated/α-hetero) is 1. The second kappa shape index (κ2) is 10.00. The predicted octanol–water partition coefficient (Wildman–Crippen LogP) is 5.55. The minimum atomic E-state index is -0.236. The summed E-state index contributed by atoms with van der Waals surface area (Å²) in [6, 6.07) is 8.28. The van der Waals surface area contributed by atoms with Gasteiger partial charge in [0, 0.05) is 23.8 Å². The Bertz CT molecular complexity index is 1190. The number of methoxy groups -OCH3 is 2. The lowest BCUT2D eigenvalue weighted by Crippen LogP contribution is -2.14. The molecular weight excluding hydrogens is 459 g/mol. The van der Waals surface area contributed by atoms with Crippen LogP contribution in [0.25, 0.3) is 0 Å². The molecule has 7 nitrogen and oxygen atoms in total. The van der Waals surface area contributed by atoms with Crippen LogP contribution in [-0.2, 0) is 13.1 Å². The van der Waals surface area contributed by atoms with Crippen molar-refractivity contribution < 1.29 is 14.3 Å². The normalized spacial score (nSPS) is 10.6. The van der Waals surface area contributed by atoms with Crippen LogP contribution in [0.2, 0.25) is 10.0 Å². The molecule has 31 heavy (non-hydrogen) atoms. The van der Waals surface area contributed by atoms with E-state index in [2.05, 4.69) is 16.9 Å². The smallest absolute Gasteiger partial charge is 0.227 e. The van der Waals surface area contributed by atoms with E-state index in [1.54, 1.807) is 51.7 Å². The number of pyridine rings is 1. The molecule has 0 bridgehead atoms. The zero-order chi connectivity index (χ0) is 22.5. The number of allylic oxidation sites excluding steroid dienone is 1. The van der Waals surface area contributed by atoms with Crippen molar-refractivity contribution in [2.75, 3.05) is 19.5 Å². The summed E-state index contributed by atoms with van der Waals surface area (Å²) in [6.07, 6.45) is 3.51. The third-order valence-electron chi connectivity index (χ3n) is 4.40. The first-order valence-electron chi connectivity index (χ1n) is 9.13. The van der Waals surface area contributed by atoms with E-state index in [9.17, 15) is 4.79 Å². The van der Waals surface area contributed by atoms with E-state index in [1.807, 2.05) is 0 Å². The van der Waals surface area contributed by atoms with Crippen molar-refractivity contribution in [1.29, 1.82) is 0 Å². The molecule has 0 aliphatic carbocycles. The van der Waals surface area contributed by atoms with Crippen LogP contribution in [-0.4, -0.2) is 34.1 Å². The van der Waals surface area contributed by atoms with Gasteiger partial charge in [0.2, 0.25) is 11.8 Å². The van der Waals surface area contributed by atoms with Gasteiger partial charge >= 0.3 is 0 Å². The van der Waals surface area contributed by atoms with Crippen LogP contribution in [0.4, 0.5) is 11.5 Å². The second-order valence-corrected chi connectivity index (χ2v) is 7.62. The molecule has 0 radical (unpaired) electrons. The minimum absolute atomic E-state index is 0.0478. The van der Waals surface area contributed by atoms with E-state index in [4.69, 9.17) is 44.9 Å². The molecule has 0 aliphatic rings. The molecule has 0 amide bonds. The minimum Gasteiger partial charge on any atom is -0.481 e. The standard InChI is InChI=1S/C21H20Cl2N4O3S/c1-4-9-26-12-18(24-16-10-13(22)5-7-15(16)23)27(21(26)31)11-17(28)14-6-8-19(29-2)25-20(14)30-3/h4-8,10,12,24H,1,9,11H2,2-3H3. The molecule has 1 N–H and O–H groups in total. The maximum atomic E-state index is 13.1. The summed E-state index contributed by atoms with van der Waals surface area (Å²) in [4.78, 5) is 17.3. The van der Waals surface area contributed by atoms with Crippen molar-refractivity contribution in [2.45, 2.75) is 13.1 Å². The Morgan fingerprint density at radius 1 is 1.26 bits per heavy atom. The number of benzene rings is 1. The molecule has 0 unspecified atom stereocenters. The van der Waals surface area contributed by atoms with Gasteiger partial charge in [0.25, 0.3) is 0 Å². The molecule has 0 atom stereocenters. The van der Waals surface area contributed by atoms with Gasteiger partial charge in [-0.15, -0.1) is 6.58 Å². The summed E-state index contributed by atoms with van der Waals surface area (Å²) < 4.78 is 14.3. The fourth-order valence-electron chi connectivity index (χ4n) is 2.92. The third kappa shape index (κ3) is 5.10. The Hall–Kier alpha value is -2.81. The molecule has 0 saturated heterocycles. The molecule has 0 aliphatic heterocycles. The quantitative estimate of drug-likeness (QED) is 0.247. The predicted molar refractivity (Wildman–Crippen MR) is 125 cm³/mol. The maximum absolute atomic E-state index is 13.1. The number of halogens is 2. The van der Waals surface area contributed by atoms with Gasteiger partial charge in [-0.25, -0.2) is 0 Å². The van der Waals surface area contributed by atoms with Crippen molar-refractivity contribution in [3.8, 4) is 11.8 Å². The lowest BCUT2D eigenvalue weighted by molar-refractivity contribution is 0.0968. The number of nitrogens with one attached hydrogen (secondary N) is 1. The number of carbonyl (C=O) groups is 1. The summed E-state index contributed by atoms with van der Waals surface area (Å²) in [6.45, 7) is 4.18. The molecule has 2 aromatic heterocycles. The van der Waals surface area contributed by atoms with Crippen molar-refractivity contribution in [3.63, 3.8) is 0 Å². The van der Waals surface area contributed by atoms with Crippen molar-refractivity contribution in [1.82, 2.24) is 14.1 Å². The SMILES string of the molecule is C=CCn1cc(Nc2cc(Cl)ccc2Cl)n(CC(=O)c2ccc(OC)nc2OC)c1=S. The highest BCUT2D eigenvalue weighted by atomic mass is 35.5. The van der Waals surface area contributed by atoms with Gasteiger partial charge in [-0.3, -0.25) is 9.36 Å². The largest absolute Gasteiger partial charge is 0.481 e. The van der Waals surface area contributed by atoms with Crippen LogP contribution in [0.3, 0.4) is 0 Å². The molecule has 10 heteroatoms. The highest BCUT2D eigenvalue weighted by molar-refractivity contribution is 7.71. The second-order valence-electron chi connectivity index (χ2n) is 6.41. The van der Waals surface area contributed by atoms with Crippen molar-refractivity contribution in [3.05, 3.63) is 69.6 Å². The average molecular weight is 479 g/mol. The summed E-state index contributed by atoms with van der Waals surface area (Å²) in [7, 11) is 2.93. The van der Waals surface area contributed by atoms with Gasteiger partial charge in [-0.1, -0.05) is 29.3 Å². The summed E-state index contributed by atoms with van der Waals surface area (Å²) >= 11 is 18.0. The fraction of sp³-hybridized carbons (Fsp3) is 0.190. The molecule has 3 rings (SSSR count). The topological polar surface area (TPSA) is 70.3 Å². The van der Waals surface area contributed by atoms with Crippen LogP contribution in [0.15, 0.2) is 49.2 Å². The number of ether oxygens (including phenoxy) is 2. The first-order valence-corrected chi connectivity index (χ1v) is 10.3. The molecule has 162 valence electrons. The molecule has 1 aromatic carbocycles. The summed E-state index contributed by atoms with van der Waals surface area (Å²) in [5.41, 5.74) is 0.901. The Kier molecular flexibility index (Phi) is 7.37. The number of ketones is 1. The van der Waals surface area contributed by atoms with E-state index in [1.165, 1.54) is 14.2 Å². The van der Waals surface area contributed by atoms with Crippen LogP contribution < -0.4 is 14.8 Å². The van der Waals surface area contributed by atoms with Gasteiger partial charge in [-0.2, -0.15) is 4.98 Å². The highest BCUT2D eigenvalue weighted by Gasteiger charge is 2.19. The zero-order valence-corrected chi connectivity index (χ0v) is 19.2. The fourth-order valence-corrected chi connectivity index (χ4v) is 3.55. The lowest BCUT2D eigenvalue weighted by Gasteiger charge is -2.13. The van der Waals surface area contributed by atoms with Gasteiger partial charge < -0.3 is 19.4 Å². The number of carbonyl (C=O) groups excluding carboxylic acids is 1. The number of nitrogens with zero attached hydrogens (tertiary/aromatic N) is 3. The molecule has 0 fully saturated rings. The van der Waals surface area contributed by atoms with Crippen LogP contribution >= 0.6 is 35.4 Å². The highest BCUT2D eigenvalue weighted by Crippen LogP contribution is 2.29. The number of hydrogen-bond donors (Lipinski definition) is 1. The first-order chi connectivity index (χ1) is 14.9. The molecule has 3 aromatic rings. The molecule has 2 heterocycles. The summed E-state index contributed by atoms with van der Waals surface area (Å²) in [5.74, 6) is 0.860. The third-order valence-corrected chi connectivity index (χ3v) is 5.42. The van der Waals surface area contributed by atoms with Gasteiger partial charge in [0.05, 0.1) is 37.0 Å². The number of aromatic nitrogens is 3. The van der Waals surface area contributed by atoms with E-state index in [0.29, 0.717) is 44.3 Å². The Morgan fingerprint density at radius 3 is 2.71 bits per heavy atom. The van der Waals surface area contributed by atoms with Crippen LogP contribution in [0.1, 0.15) is 10.4 Å². The Morgan fingerprint density at radius 2 is 2.03 bits per heavy atom. The van der Waals surface area contributed by atoms with E-state index in [-0.39, 0.29) is 18.2 Å². The van der Waals surface area contributed by atoms with Gasteiger partial charge in [0.15, 0.2) is 10.6 Å². The number of hydrogen-bond acceptors (Lipinski definition) is 6. The zero-order valence-electron chi connectivity index (χ0n) is 16.9. The number of rotatable bonds is 9. The van der Waals surface area contributed by atoms with Crippen molar-refractivity contribution in [2.24, 2.45) is 0 Å². The summed E-state index contributed by atoms with van der Waals surface area (Å²) in [5, 5.41) is 4.21. The van der Waals surface area contributed by atoms with Gasteiger partial charge in [0.1, 0.15) is 5.82 Å². The number of anilines is 2. The molecule has 0 saturated carbocycles. The molecule has 0 spiro atoms. The molecular formula is C21H20Cl2N4O3S. The lowest BCUT2D eigenvalue weighted by atomic mass is 10.1. The number of imidazole rings is 1. The van der Waals surface area contributed by atoms with Crippen LogP contribution in [0, 0.1) is 4.77 Å². The monoisotopic (exact) mass is 478 g/mol. The Labute approximate surface area is 194 Å². The van der Waals surface area contributed by atoms with Gasteiger partial charge in [-0.05, 0) is 36.5 Å². The average Bonchev–Trinajstić information content (AvgIpc) is 3.04.